The molecule has 0 aliphatic carbocycles. The van der Waals surface area contributed by atoms with Crippen LogP contribution < -0.4 is 5.32 Å². The van der Waals surface area contributed by atoms with E-state index < -0.39 is 5.82 Å². The lowest BCUT2D eigenvalue weighted by Gasteiger charge is -2.05. The molecule has 16 heavy (non-hydrogen) atoms. The van der Waals surface area contributed by atoms with Gasteiger partial charge < -0.3 is 5.32 Å². The molecule has 0 spiro atoms. The number of rotatable bonds is 3. The lowest BCUT2D eigenvalue weighted by Crippen LogP contribution is -2.03. The molecule has 0 aliphatic heterocycles. The molecule has 2 aromatic rings. The summed E-state index contributed by atoms with van der Waals surface area (Å²) in [7, 11) is 0. The zero-order valence-electron chi connectivity index (χ0n) is 7.88. The minimum absolute atomic E-state index is 0.0224. The average Bonchev–Trinajstić information content (AvgIpc) is 2.66. The van der Waals surface area contributed by atoms with Crippen LogP contribution in [-0.4, -0.2) is 9.97 Å². The number of aromatic nitrogens is 2. The van der Waals surface area contributed by atoms with Gasteiger partial charge in [-0.2, -0.15) is 4.98 Å². The molecule has 0 unspecified atom stereocenters. The first-order valence-corrected chi connectivity index (χ1v) is 6.35. The van der Waals surface area contributed by atoms with Crippen molar-refractivity contribution in [3.05, 3.63) is 38.1 Å². The molecule has 3 nitrogen and oxygen atoms in total. The second-order valence-electron chi connectivity index (χ2n) is 2.88. The summed E-state index contributed by atoms with van der Waals surface area (Å²) in [5.74, 6) is -0.405. The molecule has 0 amide bonds. The standard InChI is InChI=1S/C9H6BrClFN3S/c10-5-1-2-16-7(5)4-13-8-6(12)3-14-9(11)15-8/h1-3H,4H2,(H,13,14,15). The maximum atomic E-state index is 13.2. The molecule has 2 heterocycles. The Balaban J connectivity index is 2.10. The van der Waals surface area contributed by atoms with Crippen LogP contribution in [0.4, 0.5) is 10.2 Å². The molecule has 0 atom stereocenters. The highest BCUT2D eigenvalue weighted by molar-refractivity contribution is 9.10. The maximum absolute atomic E-state index is 13.2. The zero-order chi connectivity index (χ0) is 11.5. The lowest BCUT2D eigenvalue weighted by molar-refractivity contribution is 0.616. The van der Waals surface area contributed by atoms with Gasteiger partial charge in [0.2, 0.25) is 5.28 Å². The highest BCUT2D eigenvalue weighted by Gasteiger charge is 2.07. The van der Waals surface area contributed by atoms with Crippen molar-refractivity contribution in [2.75, 3.05) is 5.32 Å². The van der Waals surface area contributed by atoms with E-state index in [2.05, 4.69) is 31.2 Å². The Bertz CT molecular complexity index is 505. The van der Waals surface area contributed by atoms with Crippen molar-refractivity contribution in [1.29, 1.82) is 0 Å². The summed E-state index contributed by atoms with van der Waals surface area (Å²) in [6.45, 7) is 0.489. The van der Waals surface area contributed by atoms with Gasteiger partial charge in [-0.3, -0.25) is 0 Å². The number of thiophene rings is 1. The van der Waals surface area contributed by atoms with E-state index >= 15 is 0 Å². The SMILES string of the molecule is Fc1cnc(Cl)nc1NCc1sccc1Br. The van der Waals surface area contributed by atoms with E-state index in [1.165, 1.54) is 0 Å². The molecule has 0 aromatic carbocycles. The van der Waals surface area contributed by atoms with Gasteiger partial charge in [-0.1, -0.05) is 0 Å². The third kappa shape index (κ3) is 2.69. The Hall–Kier alpha value is -0.720. The molecular weight excluding hydrogens is 317 g/mol. The molecule has 7 heteroatoms. The van der Waals surface area contributed by atoms with E-state index in [1.807, 2.05) is 11.4 Å². The third-order valence-electron chi connectivity index (χ3n) is 1.82. The molecule has 0 saturated heterocycles. The van der Waals surface area contributed by atoms with Crippen LogP contribution in [0.15, 0.2) is 22.1 Å². The van der Waals surface area contributed by atoms with Crippen molar-refractivity contribution < 1.29 is 4.39 Å². The van der Waals surface area contributed by atoms with Crippen molar-refractivity contribution in [3.63, 3.8) is 0 Å². The lowest BCUT2D eigenvalue weighted by atomic mass is 10.4. The van der Waals surface area contributed by atoms with Crippen LogP contribution in [0.25, 0.3) is 0 Å². The molecule has 0 saturated carbocycles. The van der Waals surface area contributed by atoms with Crippen LogP contribution in [0.1, 0.15) is 4.88 Å². The smallest absolute Gasteiger partial charge is 0.224 e. The Labute approximate surface area is 109 Å². The van der Waals surface area contributed by atoms with Crippen molar-refractivity contribution in [2.45, 2.75) is 6.54 Å². The van der Waals surface area contributed by atoms with Gasteiger partial charge in [-0.25, -0.2) is 9.37 Å². The number of hydrogen-bond acceptors (Lipinski definition) is 4. The quantitative estimate of drug-likeness (QED) is 0.876. The van der Waals surface area contributed by atoms with Crippen molar-refractivity contribution >= 4 is 44.7 Å². The Morgan fingerprint density at radius 2 is 2.38 bits per heavy atom. The minimum Gasteiger partial charge on any atom is -0.363 e. The fourth-order valence-electron chi connectivity index (χ4n) is 1.08. The normalized spacial score (nSPS) is 10.4. The van der Waals surface area contributed by atoms with E-state index in [9.17, 15) is 4.39 Å². The fourth-order valence-corrected chi connectivity index (χ4v) is 2.65. The van der Waals surface area contributed by atoms with Gasteiger partial charge in [0.05, 0.1) is 12.7 Å². The van der Waals surface area contributed by atoms with Gasteiger partial charge in [0.15, 0.2) is 11.6 Å². The maximum Gasteiger partial charge on any atom is 0.224 e. The van der Waals surface area contributed by atoms with Crippen LogP contribution in [0, 0.1) is 5.82 Å². The highest BCUT2D eigenvalue weighted by atomic mass is 79.9. The van der Waals surface area contributed by atoms with Gasteiger partial charge in [-0.05, 0) is 39.0 Å². The fraction of sp³-hybridized carbons (Fsp3) is 0.111. The molecule has 0 fully saturated rings. The summed E-state index contributed by atoms with van der Waals surface area (Å²) in [5, 5.41) is 4.84. The van der Waals surface area contributed by atoms with E-state index in [1.54, 1.807) is 11.3 Å². The predicted octanol–water partition coefficient (Wildman–Crippen LogP) is 3.71. The average molecular weight is 323 g/mol. The molecule has 0 aliphatic rings. The van der Waals surface area contributed by atoms with E-state index in [4.69, 9.17) is 11.6 Å². The van der Waals surface area contributed by atoms with Gasteiger partial charge in [0.1, 0.15) is 0 Å². The molecular formula is C9H6BrClFN3S. The van der Waals surface area contributed by atoms with Gasteiger partial charge in [-0.15, -0.1) is 11.3 Å². The Morgan fingerprint density at radius 3 is 3.06 bits per heavy atom. The van der Waals surface area contributed by atoms with Crippen molar-refractivity contribution in [3.8, 4) is 0 Å². The highest BCUT2D eigenvalue weighted by Crippen LogP contribution is 2.23. The van der Waals surface area contributed by atoms with Gasteiger partial charge in [0.25, 0.3) is 0 Å². The minimum atomic E-state index is -0.517. The third-order valence-corrected chi connectivity index (χ3v) is 3.93. The van der Waals surface area contributed by atoms with Crippen molar-refractivity contribution in [2.24, 2.45) is 0 Å². The molecule has 2 aromatic heterocycles. The molecule has 1 N–H and O–H groups in total. The molecule has 84 valence electrons. The molecule has 0 bridgehead atoms. The van der Waals surface area contributed by atoms with Crippen LogP contribution >= 0.6 is 38.9 Å². The van der Waals surface area contributed by atoms with Crippen molar-refractivity contribution in [1.82, 2.24) is 9.97 Å². The van der Waals surface area contributed by atoms with E-state index in [0.29, 0.717) is 6.54 Å². The van der Waals surface area contributed by atoms with E-state index in [0.717, 1.165) is 15.5 Å². The van der Waals surface area contributed by atoms with Gasteiger partial charge >= 0.3 is 0 Å². The molecule has 2 rings (SSSR count). The second-order valence-corrected chi connectivity index (χ2v) is 5.07. The number of nitrogens with zero attached hydrogens (tertiary/aromatic N) is 2. The summed E-state index contributed by atoms with van der Waals surface area (Å²) in [4.78, 5) is 8.36. The second kappa shape index (κ2) is 5.07. The first-order valence-electron chi connectivity index (χ1n) is 4.30. The number of hydrogen-bond donors (Lipinski definition) is 1. The number of halogens is 3. The van der Waals surface area contributed by atoms with Gasteiger partial charge in [0, 0.05) is 9.35 Å². The summed E-state index contributed by atoms with van der Waals surface area (Å²) in [5.41, 5.74) is 0. The Kier molecular flexibility index (Phi) is 3.73. The van der Waals surface area contributed by atoms with Crippen LogP contribution in [-0.2, 0) is 6.54 Å². The van der Waals surface area contributed by atoms with E-state index in [-0.39, 0.29) is 11.1 Å². The first kappa shape index (κ1) is 11.8. The zero-order valence-corrected chi connectivity index (χ0v) is 11.0. The Morgan fingerprint density at radius 1 is 1.56 bits per heavy atom. The number of nitrogens with one attached hydrogen (secondary N) is 1. The van der Waals surface area contributed by atoms with Crippen LogP contribution in [0.2, 0.25) is 5.28 Å². The predicted molar refractivity (Wildman–Crippen MR) is 66.3 cm³/mol. The number of anilines is 1. The molecule has 0 radical (unpaired) electrons. The summed E-state index contributed by atoms with van der Waals surface area (Å²) < 4.78 is 14.2. The first-order chi connectivity index (χ1) is 7.66. The summed E-state index contributed by atoms with van der Waals surface area (Å²) in [6.07, 6.45) is 1.04. The monoisotopic (exact) mass is 321 g/mol. The van der Waals surface area contributed by atoms with Crippen LogP contribution in [0.5, 0.6) is 0 Å². The summed E-state index contributed by atoms with van der Waals surface area (Å²) in [6, 6.07) is 1.94. The van der Waals surface area contributed by atoms with Crippen LogP contribution in [0.3, 0.4) is 0 Å². The summed E-state index contributed by atoms with van der Waals surface area (Å²) >= 11 is 10.5. The topological polar surface area (TPSA) is 37.8 Å². The largest absolute Gasteiger partial charge is 0.363 e.